The second-order valence-electron chi connectivity index (χ2n) is 3.03. The third-order valence-electron chi connectivity index (χ3n) is 1.65. The molecular formula is C11H17O3. The largest absolute Gasteiger partial charge is 0.472 e. The van der Waals surface area contributed by atoms with Crippen LogP contribution in [0, 0.1) is 18.8 Å². The first-order valence-electron chi connectivity index (χ1n) is 4.79. The third kappa shape index (κ3) is 9.08. The maximum absolute atomic E-state index is 10.0. The molecule has 1 atom stereocenters. The summed E-state index contributed by atoms with van der Waals surface area (Å²) in [5.74, 6) is 3.54. The van der Waals surface area contributed by atoms with Crippen LogP contribution in [0.4, 0.5) is 0 Å². The fraction of sp³-hybridized carbons (Fsp3) is 0.636. The number of rotatable bonds is 6. The van der Waals surface area contributed by atoms with E-state index in [1.807, 2.05) is 6.92 Å². The molecule has 1 unspecified atom stereocenters. The lowest BCUT2D eigenvalue weighted by molar-refractivity contribution is -0.130. The van der Waals surface area contributed by atoms with Gasteiger partial charge in [-0.15, -0.1) is 0 Å². The molecule has 0 aromatic heterocycles. The van der Waals surface area contributed by atoms with Gasteiger partial charge in [-0.05, 0) is 19.8 Å². The standard InChI is InChI=1S/C11H17O3/c1-3-7-10(2)14-9-6-4-5-8-11(12)13/h10H,1,3-4,6-7,9H2,2H3,(H,12,13). The van der Waals surface area contributed by atoms with Crippen LogP contribution in [0.25, 0.3) is 0 Å². The van der Waals surface area contributed by atoms with Crippen LogP contribution in [-0.2, 0) is 9.53 Å². The van der Waals surface area contributed by atoms with E-state index in [4.69, 9.17) is 9.84 Å². The lowest BCUT2D eigenvalue weighted by atomic mass is 10.2. The Kier molecular flexibility index (Phi) is 7.96. The Labute approximate surface area is 85.5 Å². The van der Waals surface area contributed by atoms with Crippen molar-refractivity contribution in [2.75, 3.05) is 6.61 Å². The Balaban J connectivity index is 3.30. The summed E-state index contributed by atoms with van der Waals surface area (Å²) in [5.41, 5.74) is 0. The van der Waals surface area contributed by atoms with Crippen molar-refractivity contribution >= 4 is 5.97 Å². The minimum absolute atomic E-state index is 0.236. The van der Waals surface area contributed by atoms with E-state index in [9.17, 15) is 4.79 Å². The molecule has 0 spiro atoms. The second-order valence-corrected chi connectivity index (χ2v) is 3.03. The van der Waals surface area contributed by atoms with Crippen molar-refractivity contribution in [2.24, 2.45) is 0 Å². The number of unbranched alkanes of at least 4 members (excludes halogenated alkanes) is 1. The first-order chi connectivity index (χ1) is 6.66. The minimum atomic E-state index is -1.07. The van der Waals surface area contributed by atoms with Crippen molar-refractivity contribution in [3.63, 3.8) is 0 Å². The van der Waals surface area contributed by atoms with Crippen LogP contribution in [0.15, 0.2) is 0 Å². The molecule has 0 saturated heterocycles. The van der Waals surface area contributed by atoms with E-state index in [0.717, 1.165) is 19.3 Å². The lowest BCUT2D eigenvalue weighted by Crippen LogP contribution is -2.08. The van der Waals surface area contributed by atoms with Crippen LogP contribution >= 0.6 is 0 Å². The predicted octanol–water partition coefficient (Wildman–Crippen LogP) is 1.87. The van der Waals surface area contributed by atoms with Crippen molar-refractivity contribution in [3.05, 3.63) is 6.92 Å². The van der Waals surface area contributed by atoms with E-state index in [-0.39, 0.29) is 6.10 Å². The van der Waals surface area contributed by atoms with E-state index in [2.05, 4.69) is 18.8 Å². The summed E-state index contributed by atoms with van der Waals surface area (Å²) in [6.45, 7) is 6.38. The van der Waals surface area contributed by atoms with Gasteiger partial charge in [-0.2, -0.15) is 0 Å². The number of ether oxygens (including phenoxy) is 1. The van der Waals surface area contributed by atoms with E-state index >= 15 is 0 Å². The van der Waals surface area contributed by atoms with Gasteiger partial charge in [0.15, 0.2) is 0 Å². The molecule has 1 radical (unpaired) electrons. The van der Waals surface area contributed by atoms with Gasteiger partial charge in [-0.25, -0.2) is 4.79 Å². The van der Waals surface area contributed by atoms with Crippen LogP contribution in [0.3, 0.4) is 0 Å². The highest BCUT2D eigenvalue weighted by Crippen LogP contribution is 2.01. The zero-order valence-electron chi connectivity index (χ0n) is 8.58. The molecule has 3 heteroatoms. The van der Waals surface area contributed by atoms with Gasteiger partial charge in [0.05, 0.1) is 6.10 Å². The van der Waals surface area contributed by atoms with Crippen molar-refractivity contribution in [1.29, 1.82) is 0 Å². The van der Waals surface area contributed by atoms with Gasteiger partial charge in [0.1, 0.15) is 0 Å². The van der Waals surface area contributed by atoms with Crippen molar-refractivity contribution in [3.8, 4) is 11.8 Å². The SMILES string of the molecule is [CH2]CCC(C)OCCCC#CC(=O)O. The molecule has 79 valence electrons. The summed E-state index contributed by atoms with van der Waals surface area (Å²) in [6, 6.07) is 0. The number of carboxylic acid groups (broad SMARTS) is 1. The quantitative estimate of drug-likeness (QED) is 0.522. The average molecular weight is 197 g/mol. The summed E-state index contributed by atoms with van der Waals surface area (Å²) < 4.78 is 5.43. The van der Waals surface area contributed by atoms with Gasteiger partial charge in [0, 0.05) is 18.9 Å². The molecule has 0 fully saturated rings. The molecule has 0 aliphatic rings. The summed E-state index contributed by atoms with van der Waals surface area (Å²) in [4.78, 5) is 10.0. The van der Waals surface area contributed by atoms with E-state index < -0.39 is 5.97 Å². The maximum atomic E-state index is 10.0. The second kappa shape index (κ2) is 8.58. The molecular weight excluding hydrogens is 180 g/mol. The Hall–Kier alpha value is -1.01. The highest BCUT2D eigenvalue weighted by molar-refractivity contribution is 5.86. The first-order valence-corrected chi connectivity index (χ1v) is 4.79. The van der Waals surface area contributed by atoms with Crippen LogP contribution in [0.1, 0.15) is 32.6 Å². The van der Waals surface area contributed by atoms with Crippen molar-refractivity contribution in [2.45, 2.75) is 38.7 Å². The Morgan fingerprint density at radius 2 is 2.36 bits per heavy atom. The molecule has 0 aromatic rings. The zero-order valence-corrected chi connectivity index (χ0v) is 8.58. The van der Waals surface area contributed by atoms with E-state index in [0.29, 0.717) is 13.0 Å². The maximum Gasteiger partial charge on any atom is 0.381 e. The Bertz CT molecular complexity index is 212. The molecule has 0 amide bonds. The molecule has 0 saturated carbocycles. The third-order valence-corrected chi connectivity index (χ3v) is 1.65. The molecule has 0 heterocycles. The van der Waals surface area contributed by atoms with Crippen LogP contribution in [0.5, 0.6) is 0 Å². The molecule has 14 heavy (non-hydrogen) atoms. The molecule has 1 N–H and O–H groups in total. The molecule has 0 aliphatic carbocycles. The summed E-state index contributed by atoms with van der Waals surface area (Å²) in [7, 11) is 0. The van der Waals surface area contributed by atoms with E-state index in [1.165, 1.54) is 0 Å². The fourth-order valence-corrected chi connectivity index (χ4v) is 0.954. The summed E-state index contributed by atoms with van der Waals surface area (Å²) >= 11 is 0. The van der Waals surface area contributed by atoms with Crippen LogP contribution in [-0.4, -0.2) is 23.8 Å². The highest BCUT2D eigenvalue weighted by atomic mass is 16.5. The van der Waals surface area contributed by atoms with Gasteiger partial charge in [0.2, 0.25) is 0 Å². The number of hydrogen-bond acceptors (Lipinski definition) is 2. The molecule has 0 aromatic carbocycles. The van der Waals surface area contributed by atoms with Crippen LogP contribution in [0.2, 0.25) is 0 Å². The zero-order chi connectivity index (χ0) is 10.8. The lowest BCUT2D eigenvalue weighted by Gasteiger charge is -2.10. The molecule has 0 aliphatic heterocycles. The molecule has 0 rings (SSSR count). The smallest absolute Gasteiger partial charge is 0.381 e. The van der Waals surface area contributed by atoms with Crippen molar-refractivity contribution < 1.29 is 14.6 Å². The number of carbonyl (C=O) groups is 1. The van der Waals surface area contributed by atoms with Gasteiger partial charge in [0.25, 0.3) is 0 Å². The van der Waals surface area contributed by atoms with Gasteiger partial charge in [-0.1, -0.05) is 19.3 Å². The topological polar surface area (TPSA) is 46.5 Å². The molecule has 3 nitrogen and oxygen atoms in total. The average Bonchev–Trinajstić information content (AvgIpc) is 2.11. The summed E-state index contributed by atoms with van der Waals surface area (Å²) in [6.07, 6.45) is 3.42. The highest BCUT2D eigenvalue weighted by Gasteiger charge is 1.98. The fourth-order valence-electron chi connectivity index (χ4n) is 0.954. The predicted molar refractivity (Wildman–Crippen MR) is 54.7 cm³/mol. The number of aliphatic carboxylic acids is 1. The normalized spacial score (nSPS) is 11.6. The van der Waals surface area contributed by atoms with Gasteiger partial charge in [-0.3, -0.25) is 0 Å². The first kappa shape index (κ1) is 13.0. The van der Waals surface area contributed by atoms with Gasteiger partial charge >= 0.3 is 5.97 Å². The number of carboxylic acids is 1. The molecule has 0 bridgehead atoms. The van der Waals surface area contributed by atoms with Crippen molar-refractivity contribution in [1.82, 2.24) is 0 Å². The van der Waals surface area contributed by atoms with E-state index in [1.54, 1.807) is 0 Å². The number of hydrogen-bond donors (Lipinski definition) is 1. The Morgan fingerprint density at radius 3 is 2.93 bits per heavy atom. The summed E-state index contributed by atoms with van der Waals surface area (Å²) in [5, 5.41) is 8.22. The Morgan fingerprint density at radius 1 is 1.64 bits per heavy atom. The van der Waals surface area contributed by atoms with Gasteiger partial charge < -0.3 is 9.84 Å². The van der Waals surface area contributed by atoms with Crippen LogP contribution < -0.4 is 0 Å². The monoisotopic (exact) mass is 197 g/mol. The minimum Gasteiger partial charge on any atom is -0.472 e.